The summed E-state index contributed by atoms with van der Waals surface area (Å²) < 4.78 is 5.23. The number of nitrogens with one attached hydrogen (secondary N) is 2. The Kier molecular flexibility index (Phi) is 5.07. The summed E-state index contributed by atoms with van der Waals surface area (Å²) in [6.07, 6.45) is 4.36. The number of carbonyl (C=O) groups excluding carboxylic acids is 2. The Morgan fingerprint density at radius 3 is 2.44 bits per heavy atom. The van der Waals surface area contributed by atoms with Crippen LogP contribution in [0, 0.1) is 0 Å². The molecule has 6 heteroatoms. The second kappa shape index (κ2) is 7.45. The van der Waals surface area contributed by atoms with E-state index in [9.17, 15) is 9.59 Å². The number of H-pyrrole nitrogens is 1. The average Bonchev–Trinajstić information content (AvgIpc) is 3.11. The number of ketones is 1. The molecular weight excluding hydrogens is 342 g/mol. The van der Waals surface area contributed by atoms with Gasteiger partial charge >= 0.3 is 6.09 Å². The van der Waals surface area contributed by atoms with Gasteiger partial charge in [-0.2, -0.15) is 0 Å². The number of carbonyl (C=O) groups is 2. The highest BCUT2D eigenvalue weighted by Crippen LogP contribution is 2.23. The third-order valence-electron chi connectivity index (χ3n) is 3.71. The second-order valence-corrected chi connectivity index (χ2v) is 7.08. The molecule has 0 unspecified atom stereocenters. The van der Waals surface area contributed by atoms with E-state index < -0.39 is 11.7 Å². The predicted octanol–water partition coefficient (Wildman–Crippen LogP) is 4.65. The highest BCUT2D eigenvalue weighted by atomic mass is 16.6. The normalized spacial score (nSPS) is 11.1. The fourth-order valence-electron chi connectivity index (χ4n) is 2.51. The van der Waals surface area contributed by atoms with E-state index in [4.69, 9.17) is 4.74 Å². The van der Waals surface area contributed by atoms with Crippen LogP contribution >= 0.6 is 0 Å². The number of pyridine rings is 1. The zero-order chi connectivity index (χ0) is 19.4. The zero-order valence-corrected chi connectivity index (χ0v) is 15.4. The van der Waals surface area contributed by atoms with E-state index in [1.165, 1.54) is 0 Å². The number of nitrogens with zero attached hydrogens (tertiary/aromatic N) is 1. The Morgan fingerprint density at radius 1 is 1.07 bits per heavy atom. The lowest BCUT2D eigenvalue weighted by molar-refractivity contribution is 0.0635. The third-order valence-corrected chi connectivity index (χ3v) is 3.71. The fraction of sp³-hybridized carbons (Fsp3) is 0.190. The van der Waals surface area contributed by atoms with E-state index in [0.29, 0.717) is 16.8 Å². The number of ether oxygens (including phenoxy) is 1. The number of hydrogen-bond acceptors (Lipinski definition) is 4. The van der Waals surface area contributed by atoms with Crippen LogP contribution in [0.25, 0.3) is 11.3 Å². The molecule has 3 rings (SSSR count). The minimum atomic E-state index is -0.550. The summed E-state index contributed by atoms with van der Waals surface area (Å²) in [4.78, 5) is 31.4. The first kappa shape index (κ1) is 18.4. The minimum Gasteiger partial charge on any atom is -0.444 e. The number of aromatic amines is 1. The largest absolute Gasteiger partial charge is 0.444 e. The van der Waals surface area contributed by atoms with E-state index in [0.717, 1.165) is 11.3 Å². The van der Waals surface area contributed by atoms with Gasteiger partial charge in [-0.05, 0) is 56.7 Å². The van der Waals surface area contributed by atoms with E-state index in [-0.39, 0.29) is 5.78 Å². The monoisotopic (exact) mass is 363 g/mol. The molecule has 0 atom stereocenters. The minimum absolute atomic E-state index is 0.0891. The van der Waals surface area contributed by atoms with Crippen LogP contribution < -0.4 is 5.32 Å². The van der Waals surface area contributed by atoms with Crippen LogP contribution in [0.15, 0.2) is 61.1 Å². The molecule has 0 aliphatic carbocycles. The first-order valence-corrected chi connectivity index (χ1v) is 8.55. The number of rotatable bonds is 4. The Balaban J connectivity index is 1.70. The van der Waals surface area contributed by atoms with Crippen molar-refractivity contribution in [1.29, 1.82) is 0 Å². The van der Waals surface area contributed by atoms with Crippen molar-refractivity contribution in [3.05, 3.63) is 72.2 Å². The van der Waals surface area contributed by atoms with E-state index in [2.05, 4.69) is 15.3 Å². The van der Waals surface area contributed by atoms with Gasteiger partial charge in [0.15, 0.2) is 5.78 Å². The van der Waals surface area contributed by atoms with Crippen molar-refractivity contribution in [3.8, 4) is 11.3 Å². The molecule has 0 spiro atoms. The summed E-state index contributed by atoms with van der Waals surface area (Å²) in [6.45, 7) is 5.43. The summed E-state index contributed by atoms with van der Waals surface area (Å²) in [5.41, 5.74) is 2.90. The lowest BCUT2D eigenvalue weighted by atomic mass is 10.1. The van der Waals surface area contributed by atoms with E-state index in [1.807, 2.05) is 32.9 Å². The summed E-state index contributed by atoms with van der Waals surface area (Å²) in [7, 11) is 0. The lowest BCUT2D eigenvalue weighted by Gasteiger charge is -2.19. The summed E-state index contributed by atoms with van der Waals surface area (Å²) in [5.74, 6) is -0.0891. The van der Waals surface area contributed by atoms with Gasteiger partial charge in [-0.3, -0.25) is 15.1 Å². The SMILES string of the molecule is CC(C)(C)OC(=O)Nc1ccc(-c2cc(C(=O)c3cccnc3)c[nH]2)cc1. The molecule has 27 heavy (non-hydrogen) atoms. The van der Waals surface area contributed by atoms with Crippen LogP contribution in [0.4, 0.5) is 10.5 Å². The van der Waals surface area contributed by atoms with E-state index in [1.54, 1.807) is 48.9 Å². The maximum atomic E-state index is 12.5. The van der Waals surface area contributed by atoms with Gasteiger partial charge in [0.05, 0.1) is 0 Å². The summed E-state index contributed by atoms with van der Waals surface area (Å²) >= 11 is 0. The maximum Gasteiger partial charge on any atom is 0.412 e. The molecule has 2 aromatic heterocycles. The first-order chi connectivity index (χ1) is 12.8. The number of anilines is 1. The van der Waals surface area contributed by atoms with Gasteiger partial charge in [0.2, 0.25) is 0 Å². The first-order valence-electron chi connectivity index (χ1n) is 8.55. The summed E-state index contributed by atoms with van der Waals surface area (Å²) in [6, 6.07) is 12.5. The van der Waals surface area contributed by atoms with Gasteiger partial charge in [0.25, 0.3) is 0 Å². The molecule has 0 saturated carbocycles. The Labute approximate surface area is 157 Å². The third kappa shape index (κ3) is 4.82. The molecule has 138 valence electrons. The van der Waals surface area contributed by atoms with E-state index >= 15 is 0 Å². The van der Waals surface area contributed by atoms with Crippen molar-refractivity contribution in [3.63, 3.8) is 0 Å². The van der Waals surface area contributed by atoms with Crippen LogP contribution in [0.2, 0.25) is 0 Å². The molecule has 0 bridgehead atoms. The fourth-order valence-corrected chi connectivity index (χ4v) is 2.51. The maximum absolute atomic E-state index is 12.5. The van der Waals surface area contributed by atoms with Crippen LogP contribution in [-0.2, 0) is 4.74 Å². The van der Waals surface area contributed by atoms with Gasteiger partial charge in [0.1, 0.15) is 5.60 Å². The molecule has 1 aromatic carbocycles. The number of aromatic nitrogens is 2. The van der Waals surface area contributed by atoms with Crippen LogP contribution in [0.3, 0.4) is 0 Å². The highest BCUT2D eigenvalue weighted by molar-refractivity contribution is 6.09. The Hall–Kier alpha value is -3.41. The Bertz CT molecular complexity index is 939. The van der Waals surface area contributed by atoms with Gasteiger partial charge in [-0.15, -0.1) is 0 Å². The van der Waals surface area contributed by atoms with Crippen molar-refractivity contribution in [2.75, 3.05) is 5.32 Å². The summed E-state index contributed by atoms with van der Waals surface area (Å²) in [5, 5.41) is 2.69. The number of hydrogen-bond donors (Lipinski definition) is 2. The van der Waals surface area contributed by atoms with Crippen molar-refractivity contribution < 1.29 is 14.3 Å². The Morgan fingerprint density at radius 2 is 1.81 bits per heavy atom. The standard InChI is InChI=1S/C21H21N3O3/c1-21(2,3)27-20(26)24-17-8-6-14(7-9-17)18-11-16(13-23-18)19(25)15-5-4-10-22-12-15/h4-13,23H,1-3H3,(H,24,26). The molecule has 0 radical (unpaired) electrons. The lowest BCUT2D eigenvalue weighted by Crippen LogP contribution is -2.27. The molecule has 0 fully saturated rings. The van der Waals surface area contributed by atoms with Crippen LogP contribution in [-0.4, -0.2) is 27.4 Å². The van der Waals surface area contributed by atoms with Crippen molar-refractivity contribution in [1.82, 2.24) is 9.97 Å². The average molecular weight is 363 g/mol. The van der Waals surface area contributed by atoms with Crippen molar-refractivity contribution >= 4 is 17.6 Å². The molecule has 1 amide bonds. The second-order valence-electron chi connectivity index (χ2n) is 7.08. The van der Waals surface area contributed by atoms with Gasteiger partial charge in [0, 0.05) is 41.1 Å². The van der Waals surface area contributed by atoms with Crippen molar-refractivity contribution in [2.45, 2.75) is 26.4 Å². The van der Waals surface area contributed by atoms with Gasteiger partial charge in [-0.25, -0.2) is 4.79 Å². The van der Waals surface area contributed by atoms with Crippen LogP contribution in [0.1, 0.15) is 36.7 Å². The molecule has 3 aromatic rings. The van der Waals surface area contributed by atoms with Gasteiger partial charge < -0.3 is 9.72 Å². The zero-order valence-electron chi connectivity index (χ0n) is 15.4. The molecule has 2 heterocycles. The molecule has 0 aliphatic rings. The van der Waals surface area contributed by atoms with Crippen LogP contribution in [0.5, 0.6) is 0 Å². The smallest absolute Gasteiger partial charge is 0.412 e. The molecule has 0 saturated heterocycles. The highest BCUT2D eigenvalue weighted by Gasteiger charge is 2.16. The predicted molar refractivity (Wildman–Crippen MR) is 104 cm³/mol. The van der Waals surface area contributed by atoms with Crippen molar-refractivity contribution in [2.24, 2.45) is 0 Å². The molecule has 2 N–H and O–H groups in total. The quantitative estimate of drug-likeness (QED) is 0.661. The molecule has 6 nitrogen and oxygen atoms in total. The topological polar surface area (TPSA) is 84.1 Å². The molecule has 0 aliphatic heterocycles. The number of benzene rings is 1. The number of amides is 1. The molecular formula is C21H21N3O3. The van der Waals surface area contributed by atoms with Gasteiger partial charge in [-0.1, -0.05) is 12.1 Å².